The van der Waals surface area contributed by atoms with Gasteiger partial charge in [-0.05, 0) is 23.6 Å². The van der Waals surface area contributed by atoms with Gasteiger partial charge in [-0.2, -0.15) is 5.10 Å². The summed E-state index contributed by atoms with van der Waals surface area (Å²) < 4.78 is 5.93. The molecule has 0 aliphatic carbocycles. The van der Waals surface area contributed by atoms with Crippen molar-refractivity contribution in [3.05, 3.63) is 46.4 Å². The van der Waals surface area contributed by atoms with Crippen LogP contribution in [0.15, 0.2) is 35.8 Å². The standard InChI is InChI=1S/C13H10N4O3S/c1-20-13(19)15-10-7-17-11(14-10)5-4-8(16-17)12(18)9-3-2-6-21-9/h2-7H,1H3,(H,15,19). The number of carbonyl (C=O) groups excluding carboxylic acids is 2. The molecule has 0 fully saturated rings. The minimum atomic E-state index is -0.617. The summed E-state index contributed by atoms with van der Waals surface area (Å²) in [4.78, 5) is 28.1. The molecule has 0 aromatic carbocycles. The van der Waals surface area contributed by atoms with Gasteiger partial charge < -0.3 is 4.74 Å². The lowest BCUT2D eigenvalue weighted by molar-refractivity contribution is 0.103. The Labute approximate surface area is 123 Å². The first-order chi connectivity index (χ1) is 10.2. The zero-order valence-corrected chi connectivity index (χ0v) is 11.8. The molecule has 0 atom stereocenters. The van der Waals surface area contributed by atoms with Gasteiger partial charge in [0.05, 0.1) is 18.2 Å². The first-order valence-corrected chi connectivity index (χ1v) is 6.85. The van der Waals surface area contributed by atoms with Crippen molar-refractivity contribution in [1.29, 1.82) is 0 Å². The predicted octanol–water partition coefficient (Wildman–Crippen LogP) is 2.20. The Hall–Kier alpha value is -2.74. The number of imidazole rings is 1. The lowest BCUT2D eigenvalue weighted by Gasteiger charge is -1.98. The molecule has 1 N–H and O–H groups in total. The molecule has 3 aromatic rings. The quantitative estimate of drug-likeness (QED) is 0.750. The van der Waals surface area contributed by atoms with Gasteiger partial charge in [-0.25, -0.2) is 14.3 Å². The minimum absolute atomic E-state index is 0.150. The Kier molecular flexibility index (Phi) is 3.36. The predicted molar refractivity (Wildman–Crippen MR) is 76.8 cm³/mol. The number of aromatic nitrogens is 3. The largest absolute Gasteiger partial charge is 0.453 e. The second-order valence-corrected chi connectivity index (χ2v) is 5.02. The second-order valence-electron chi connectivity index (χ2n) is 4.07. The van der Waals surface area contributed by atoms with Gasteiger partial charge in [0.2, 0.25) is 5.78 Å². The summed E-state index contributed by atoms with van der Waals surface area (Å²) in [5.74, 6) is 0.151. The van der Waals surface area contributed by atoms with Crippen molar-refractivity contribution in [2.75, 3.05) is 12.4 Å². The summed E-state index contributed by atoms with van der Waals surface area (Å²) in [6.07, 6.45) is 0.894. The van der Waals surface area contributed by atoms with Crippen LogP contribution in [-0.2, 0) is 4.74 Å². The number of hydrogen-bond donors (Lipinski definition) is 1. The lowest BCUT2D eigenvalue weighted by Crippen LogP contribution is -2.10. The molecule has 0 bridgehead atoms. The van der Waals surface area contributed by atoms with E-state index in [1.54, 1.807) is 18.2 Å². The first kappa shape index (κ1) is 13.3. The van der Waals surface area contributed by atoms with Gasteiger partial charge in [0.1, 0.15) is 5.69 Å². The molecule has 21 heavy (non-hydrogen) atoms. The molecule has 0 saturated heterocycles. The van der Waals surface area contributed by atoms with E-state index in [1.165, 1.54) is 29.2 Å². The smallest absolute Gasteiger partial charge is 0.412 e. The van der Waals surface area contributed by atoms with E-state index >= 15 is 0 Å². The van der Waals surface area contributed by atoms with E-state index in [9.17, 15) is 9.59 Å². The molecule has 0 saturated carbocycles. The van der Waals surface area contributed by atoms with Crippen LogP contribution in [-0.4, -0.2) is 33.6 Å². The van der Waals surface area contributed by atoms with Crippen molar-refractivity contribution in [1.82, 2.24) is 14.6 Å². The van der Waals surface area contributed by atoms with Crippen LogP contribution in [0.1, 0.15) is 15.4 Å². The molecule has 3 aromatic heterocycles. The van der Waals surface area contributed by atoms with Crippen molar-refractivity contribution in [3.8, 4) is 0 Å². The van der Waals surface area contributed by atoms with Crippen LogP contribution in [0.2, 0.25) is 0 Å². The van der Waals surface area contributed by atoms with Gasteiger partial charge >= 0.3 is 6.09 Å². The zero-order valence-electron chi connectivity index (χ0n) is 10.9. The molecule has 7 nitrogen and oxygen atoms in total. The zero-order chi connectivity index (χ0) is 14.8. The maximum absolute atomic E-state index is 12.2. The summed E-state index contributed by atoms with van der Waals surface area (Å²) in [6.45, 7) is 0. The molecule has 3 heterocycles. The minimum Gasteiger partial charge on any atom is -0.453 e. The molecule has 3 rings (SSSR count). The maximum Gasteiger partial charge on any atom is 0.412 e. The van der Waals surface area contributed by atoms with E-state index in [1.807, 2.05) is 11.4 Å². The topological polar surface area (TPSA) is 85.6 Å². The third kappa shape index (κ3) is 2.61. The lowest BCUT2D eigenvalue weighted by atomic mass is 10.2. The van der Waals surface area contributed by atoms with Crippen molar-refractivity contribution >= 4 is 34.7 Å². The summed E-state index contributed by atoms with van der Waals surface area (Å²) in [5.41, 5.74) is 0.830. The highest BCUT2D eigenvalue weighted by molar-refractivity contribution is 7.12. The van der Waals surface area contributed by atoms with Gasteiger partial charge in [0.25, 0.3) is 0 Å². The molecular weight excluding hydrogens is 292 g/mol. The maximum atomic E-state index is 12.2. The summed E-state index contributed by atoms with van der Waals surface area (Å²) >= 11 is 1.36. The normalized spacial score (nSPS) is 10.5. The van der Waals surface area contributed by atoms with Gasteiger partial charge in [-0.15, -0.1) is 11.3 Å². The van der Waals surface area contributed by atoms with Gasteiger partial charge in [0.15, 0.2) is 11.5 Å². The van der Waals surface area contributed by atoms with E-state index in [0.717, 1.165) is 0 Å². The second kappa shape index (κ2) is 5.33. The number of nitrogens with zero attached hydrogens (tertiary/aromatic N) is 3. The number of thiophene rings is 1. The van der Waals surface area contributed by atoms with Crippen LogP contribution >= 0.6 is 11.3 Å². The number of fused-ring (bicyclic) bond motifs is 1. The Morgan fingerprint density at radius 3 is 2.90 bits per heavy atom. The van der Waals surface area contributed by atoms with E-state index < -0.39 is 6.09 Å². The highest BCUT2D eigenvalue weighted by Gasteiger charge is 2.13. The number of ketones is 1. The number of ether oxygens (including phenoxy) is 1. The first-order valence-electron chi connectivity index (χ1n) is 5.97. The van der Waals surface area contributed by atoms with Crippen LogP contribution in [0.3, 0.4) is 0 Å². The molecule has 0 aliphatic rings. The number of amides is 1. The van der Waals surface area contributed by atoms with Crippen LogP contribution in [0.5, 0.6) is 0 Å². The fourth-order valence-electron chi connectivity index (χ4n) is 1.75. The van der Waals surface area contributed by atoms with E-state index in [0.29, 0.717) is 22.0 Å². The fraction of sp³-hybridized carbons (Fsp3) is 0.0769. The Morgan fingerprint density at radius 1 is 1.33 bits per heavy atom. The Bertz CT molecular complexity index is 810. The van der Waals surface area contributed by atoms with Crippen LogP contribution in [0, 0.1) is 0 Å². The SMILES string of the molecule is COC(=O)Nc1cn2nc(C(=O)c3cccs3)ccc2n1. The molecule has 106 valence electrons. The fourth-order valence-corrected chi connectivity index (χ4v) is 2.43. The number of nitrogens with one attached hydrogen (secondary N) is 1. The third-order valence-corrected chi connectivity index (χ3v) is 3.58. The van der Waals surface area contributed by atoms with Gasteiger partial charge in [-0.1, -0.05) is 6.07 Å². The number of rotatable bonds is 3. The van der Waals surface area contributed by atoms with Gasteiger partial charge in [0, 0.05) is 0 Å². The third-order valence-electron chi connectivity index (χ3n) is 2.71. The Balaban J connectivity index is 1.93. The highest BCUT2D eigenvalue weighted by Crippen LogP contribution is 2.15. The van der Waals surface area contributed by atoms with Gasteiger partial charge in [-0.3, -0.25) is 10.1 Å². The molecule has 0 radical (unpaired) electrons. The van der Waals surface area contributed by atoms with Crippen LogP contribution in [0.25, 0.3) is 5.65 Å². The number of methoxy groups -OCH3 is 1. The number of hydrogen-bond acceptors (Lipinski definition) is 6. The van der Waals surface area contributed by atoms with E-state index in [4.69, 9.17) is 0 Å². The molecule has 0 unspecified atom stereocenters. The molecule has 8 heteroatoms. The highest BCUT2D eigenvalue weighted by atomic mass is 32.1. The number of anilines is 1. The summed E-state index contributed by atoms with van der Waals surface area (Å²) in [5, 5.41) is 8.48. The summed E-state index contributed by atoms with van der Waals surface area (Å²) in [6, 6.07) is 6.83. The monoisotopic (exact) mass is 302 g/mol. The average Bonchev–Trinajstić information content (AvgIpc) is 3.14. The molecule has 0 spiro atoms. The number of carbonyl (C=O) groups is 2. The van der Waals surface area contributed by atoms with E-state index in [-0.39, 0.29) is 5.78 Å². The van der Waals surface area contributed by atoms with Crippen molar-refractivity contribution in [3.63, 3.8) is 0 Å². The van der Waals surface area contributed by atoms with E-state index in [2.05, 4.69) is 20.1 Å². The van der Waals surface area contributed by atoms with Crippen LogP contribution < -0.4 is 5.32 Å². The molecular formula is C13H10N4O3S. The van der Waals surface area contributed by atoms with Crippen molar-refractivity contribution in [2.24, 2.45) is 0 Å². The molecule has 1 amide bonds. The Morgan fingerprint density at radius 2 is 2.19 bits per heavy atom. The summed E-state index contributed by atoms with van der Waals surface area (Å²) in [7, 11) is 1.27. The van der Waals surface area contributed by atoms with Crippen LogP contribution in [0.4, 0.5) is 10.6 Å². The van der Waals surface area contributed by atoms with Crippen molar-refractivity contribution in [2.45, 2.75) is 0 Å². The molecule has 0 aliphatic heterocycles. The van der Waals surface area contributed by atoms with Crippen molar-refractivity contribution < 1.29 is 14.3 Å². The average molecular weight is 302 g/mol.